The molecular formula is C17H20N2OS. The molecule has 0 bridgehead atoms. The molecule has 1 aliphatic rings. The summed E-state index contributed by atoms with van der Waals surface area (Å²) in [6, 6.07) is 10.4. The topological polar surface area (TPSA) is 32.3 Å². The Labute approximate surface area is 129 Å². The van der Waals surface area contributed by atoms with E-state index < -0.39 is 0 Å². The largest absolute Gasteiger partial charge is 0.381 e. The lowest BCUT2D eigenvalue weighted by molar-refractivity contribution is -0.117. The van der Waals surface area contributed by atoms with Gasteiger partial charge in [-0.3, -0.25) is 4.79 Å². The quantitative estimate of drug-likeness (QED) is 0.922. The summed E-state index contributed by atoms with van der Waals surface area (Å²) in [6.45, 7) is 5.97. The Balaban J connectivity index is 1.71. The predicted molar refractivity (Wildman–Crippen MR) is 89.1 cm³/mol. The number of nitrogens with zero attached hydrogens (tertiary/aromatic N) is 1. The standard InChI is InChI=1S/C17H20N2OS/c1-12-9-14(13(2)21-12)11-18-15-5-3-6-16(10-15)19-8-4-7-17(19)20/h3,5-6,9-10,18H,4,7-8,11H2,1-2H3. The third-order valence-corrected chi connectivity index (χ3v) is 4.87. The van der Waals surface area contributed by atoms with E-state index >= 15 is 0 Å². The number of thiophene rings is 1. The molecule has 21 heavy (non-hydrogen) atoms. The van der Waals surface area contributed by atoms with E-state index in [1.54, 1.807) is 0 Å². The molecule has 1 aliphatic heterocycles. The minimum Gasteiger partial charge on any atom is -0.381 e. The van der Waals surface area contributed by atoms with Gasteiger partial charge in [-0.15, -0.1) is 11.3 Å². The zero-order valence-corrected chi connectivity index (χ0v) is 13.3. The molecule has 1 aromatic heterocycles. The van der Waals surface area contributed by atoms with E-state index in [1.807, 2.05) is 28.4 Å². The molecule has 0 aliphatic carbocycles. The zero-order valence-electron chi connectivity index (χ0n) is 12.5. The van der Waals surface area contributed by atoms with Crippen LogP contribution in [-0.2, 0) is 11.3 Å². The van der Waals surface area contributed by atoms with Crippen LogP contribution in [0, 0.1) is 13.8 Å². The van der Waals surface area contributed by atoms with E-state index in [2.05, 4.69) is 37.4 Å². The fraction of sp³-hybridized carbons (Fsp3) is 0.353. The molecule has 1 amide bonds. The normalized spacial score (nSPS) is 14.8. The van der Waals surface area contributed by atoms with E-state index in [0.29, 0.717) is 6.42 Å². The van der Waals surface area contributed by atoms with Gasteiger partial charge in [0.2, 0.25) is 5.91 Å². The molecule has 2 aromatic rings. The van der Waals surface area contributed by atoms with Gasteiger partial charge < -0.3 is 10.2 Å². The van der Waals surface area contributed by atoms with E-state index in [1.165, 1.54) is 15.3 Å². The van der Waals surface area contributed by atoms with Crippen molar-refractivity contribution in [1.82, 2.24) is 0 Å². The minimum absolute atomic E-state index is 0.233. The van der Waals surface area contributed by atoms with Crippen LogP contribution in [0.1, 0.15) is 28.2 Å². The molecule has 0 unspecified atom stereocenters. The maximum Gasteiger partial charge on any atom is 0.227 e. The number of carbonyl (C=O) groups excluding carboxylic acids is 1. The Kier molecular flexibility index (Phi) is 3.97. The second-order valence-electron chi connectivity index (χ2n) is 5.49. The van der Waals surface area contributed by atoms with Crippen molar-refractivity contribution in [3.05, 3.63) is 45.6 Å². The highest BCUT2D eigenvalue weighted by molar-refractivity contribution is 7.12. The molecule has 0 saturated carbocycles. The summed E-state index contributed by atoms with van der Waals surface area (Å²) in [5.74, 6) is 0.233. The van der Waals surface area contributed by atoms with Gasteiger partial charge in [0, 0.05) is 40.6 Å². The monoisotopic (exact) mass is 300 g/mol. The number of hydrogen-bond donors (Lipinski definition) is 1. The molecule has 1 fully saturated rings. The average Bonchev–Trinajstić information content (AvgIpc) is 3.02. The van der Waals surface area contributed by atoms with Gasteiger partial charge in [-0.05, 0) is 50.1 Å². The molecule has 1 saturated heterocycles. The first-order chi connectivity index (χ1) is 10.1. The summed E-state index contributed by atoms with van der Waals surface area (Å²) in [6.07, 6.45) is 1.63. The van der Waals surface area contributed by atoms with Crippen molar-refractivity contribution in [3.63, 3.8) is 0 Å². The van der Waals surface area contributed by atoms with Crippen molar-refractivity contribution in [3.8, 4) is 0 Å². The first-order valence-electron chi connectivity index (χ1n) is 7.34. The summed E-state index contributed by atoms with van der Waals surface area (Å²) < 4.78 is 0. The van der Waals surface area contributed by atoms with Gasteiger partial charge in [-0.1, -0.05) is 6.07 Å². The second-order valence-corrected chi connectivity index (χ2v) is 6.95. The fourth-order valence-corrected chi connectivity index (χ4v) is 3.71. The van der Waals surface area contributed by atoms with Gasteiger partial charge in [0.05, 0.1) is 0 Å². The van der Waals surface area contributed by atoms with Gasteiger partial charge in [0.25, 0.3) is 0 Å². The van der Waals surface area contributed by atoms with Crippen LogP contribution < -0.4 is 10.2 Å². The second kappa shape index (κ2) is 5.90. The highest BCUT2D eigenvalue weighted by Crippen LogP contribution is 2.25. The van der Waals surface area contributed by atoms with Crippen LogP contribution in [0.4, 0.5) is 11.4 Å². The number of nitrogens with one attached hydrogen (secondary N) is 1. The number of amides is 1. The van der Waals surface area contributed by atoms with Crippen LogP contribution in [0.25, 0.3) is 0 Å². The molecule has 0 radical (unpaired) electrons. The van der Waals surface area contributed by atoms with Crippen LogP contribution in [0.3, 0.4) is 0 Å². The lowest BCUT2D eigenvalue weighted by Gasteiger charge is -2.17. The third kappa shape index (κ3) is 3.10. The Morgan fingerprint density at radius 2 is 2.14 bits per heavy atom. The number of aryl methyl sites for hydroxylation is 2. The summed E-state index contributed by atoms with van der Waals surface area (Å²) in [5, 5.41) is 3.46. The van der Waals surface area contributed by atoms with Crippen molar-refractivity contribution in [1.29, 1.82) is 0 Å². The molecule has 1 aromatic carbocycles. The number of anilines is 2. The Morgan fingerprint density at radius 1 is 1.29 bits per heavy atom. The van der Waals surface area contributed by atoms with Crippen LogP contribution in [0.15, 0.2) is 30.3 Å². The average molecular weight is 300 g/mol. The smallest absolute Gasteiger partial charge is 0.227 e. The van der Waals surface area contributed by atoms with Gasteiger partial charge in [-0.25, -0.2) is 0 Å². The minimum atomic E-state index is 0.233. The van der Waals surface area contributed by atoms with E-state index in [-0.39, 0.29) is 5.91 Å². The SMILES string of the molecule is Cc1cc(CNc2cccc(N3CCCC3=O)c2)c(C)s1. The van der Waals surface area contributed by atoms with Gasteiger partial charge in [0.1, 0.15) is 0 Å². The third-order valence-electron chi connectivity index (χ3n) is 3.86. The van der Waals surface area contributed by atoms with Crippen LogP contribution in [0.2, 0.25) is 0 Å². The van der Waals surface area contributed by atoms with Crippen LogP contribution >= 0.6 is 11.3 Å². The highest BCUT2D eigenvalue weighted by Gasteiger charge is 2.21. The maximum atomic E-state index is 11.8. The van der Waals surface area contributed by atoms with Gasteiger partial charge >= 0.3 is 0 Å². The molecule has 2 heterocycles. The zero-order chi connectivity index (χ0) is 14.8. The maximum absolute atomic E-state index is 11.8. The van der Waals surface area contributed by atoms with Crippen molar-refractivity contribution >= 4 is 28.6 Å². The van der Waals surface area contributed by atoms with Crippen molar-refractivity contribution in [2.24, 2.45) is 0 Å². The first-order valence-corrected chi connectivity index (χ1v) is 8.15. The molecule has 3 nitrogen and oxygen atoms in total. The summed E-state index contributed by atoms with van der Waals surface area (Å²) in [4.78, 5) is 16.4. The molecule has 0 atom stereocenters. The van der Waals surface area contributed by atoms with Crippen molar-refractivity contribution in [2.45, 2.75) is 33.2 Å². The van der Waals surface area contributed by atoms with Gasteiger partial charge in [-0.2, -0.15) is 0 Å². The Hall–Kier alpha value is -1.81. The lowest BCUT2D eigenvalue weighted by atomic mass is 10.2. The summed E-state index contributed by atoms with van der Waals surface area (Å²) in [5.41, 5.74) is 3.41. The molecular weight excluding hydrogens is 280 g/mol. The highest BCUT2D eigenvalue weighted by atomic mass is 32.1. The van der Waals surface area contributed by atoms with E-state index in [4.69, 9.17) is 0 Å². The molecule has 3 rings (SSSR count). The molecule has 0 spiro atoms. The summed E-state index contributed by atoms with van der Waals surface area (Å²) in [7, 11) is 0. The van der Waals surface area contributed by atoms with Crippen LogP contribution in [0.5, 0.6) is 0 Å². The predicted octanol–water partition coefficient (Wildman–Crippen LogP) is 4.10. The first kappa shape index (κ1) is 14.1. The molecule has 110 valence electrons. The summed E-state index contributed by atoms with van der Waals surface area (Å²) >= 11 is 1.84. The van der Waals surface area contributed by atoms with Crippen LogP contribution in [-0.4, -0.2) is 12.5 Å². The Bertz CT molecular complexity index is 663. The number of benzene rings is 1. The van der Waals surface area contributed by atoms with E-state index in [0.717, 1.165) is 30.9 Å². The van der Waals surface area contributed by atoms with E-state index in [9.17, 15) is 4.79 Å². The molecule has 1 N–H and O–H groups in total. The fourth-order valence-electron chi connectivity index (χ4n) is 2.76. The van der Waals surface area contributed by atoms with Crippen molar-refractivity contribution < 1.29 is 4.79 Å². The molecule has 4 heteroatoms. The number of rotatable bonds is 4. The lowest BCUT2D eigenvalue weighted by Crippen LogP contribution is -2.23. The van der Waals surface area contributed by atoms with Crippen molar-refractivity contribution in [2.75, 3.05) is 16.8 Å². The number of carbonyl (C=O) groups is 1. The number of hydrogen-bond acceptors (Lipinski definition) is 3. The Morgan fingerprint density at radius 3 is 2.81 bits per heavy atom. The van der Waals surface area contributed by atoms with Gasteiger partial charge in [0.15, 0.2) is 0 Å².